The van der Waals surface area contributed by atoms with Crippen LogP contribution in [0.1, 0.15) is 60.8 Å². The van der Waals surface area contributed by atoms with E-state index in [1.165, 1.54) is 43.5 Å². The maximum atomic E-state index is 13.0. The fourth-order valence-electron chi connectivity index (χ4n) is 6.37. The van der Waals surface area contributed by atoms with Gasteiger partial charge in [-0.1, -0.05) is 24.3 Å². The summed E-state index contributed by atoms with van der Waals surface area (Å²) in [5.74, 6) is 1.85. The molecule has 0 unspecified atom stereocenters. The second-order valence-corrected chi connectivity index (χ2v) is 9.75. The minimum atomic E-state index is -4.45. The fraction of sp³-hybridized carbons (Fsp3) is 0.480. The van der Waals surface area contributed by atoms with E-state index in [-0.39, 0.29) is 5.54 Å². The van der Waals surface area contributed by atoms with Crippen molar-refractivity contribution in [2.24, 2.45) is 22.7 Å². The Balaban J connectivity index is 1.57. The summed E-state index contributed by atoms with van der Waals surface area (Å²) in [6.45, 7) is 0. The van der Waals surface area contributed by atoms with Gasteiger partial charge in [-0.2, -0.15) is 26.3 Å². The van der Waals surface area contributed by atoms with Gasteiger partial charge in [0.1, 0.15) is 0 Å². The van der Waals surface area contributed by atoms with E-state index in [4.69, 9.17) is 4.99 Å². The fourth-order valence-corrected chi connectivity index (χ4v) is 6.37. The van der Waals surface area contributed by atoms with Crippen LogP contribution < -0.4 is 0 Å². The van der Waals surface area contributed by atoms with Crippen LogP contribution in [0.25, 0.3) is 0 Å². The molecule has 0 spiro atoms. The molecule has 2 aromatic rings. The summed E-state index contributed by atoms with van der Waals surface area (Å²) in [6, 6.07) is 9.53. The first-order valence-corrected chi connectivity index (χ1v) is 11.0. The van der Waals surface area contributed by atoms with E-state index >= 15 is 0 Å². The quantitative estimate of drug-likeness (QED) is 0.338. The molecule has 4 fully saturated rings. The average molecular weight is 451 g/mol. The summed E-state index contributed by atoms with van der Waals surface area (Å²) < 4.78 is 78.3. The van der Waals surface area contributed by atoms with Gasteiger partial charge in [0.15, 0.2) is 0 Å². The zero-order chi connectivity index (χ0) is 22.7. The van der Waals surface area contributed by atoms with Crippen LogP contribution in [-0.4, -0.2) is 11.3 Å². The van der Waals surface area contributed by atoms with E-state index in [0.29, 0.717) is 34.6 Å². The molecule has 0 heterocycles. The van der Waals surface area contributed by atoms with E-state index < -0.39 is 23.5 Å². The predicted octanol–water partition coefficient (Wildman–Crippen LogP) is 7.53. The summed E-state index contributed by atoms with van der Waals surface area (Å²) in [6.07, 6.45) is -2.43. The van der Waals surface area contributed by atoms with Crippen LogP contribution in [0.3, 0.4) is 0 Å². The molecule has 32 heavy (non-hydrogen) atoms. The zero-order valence-electron chi connectivity index (χ0n) is 17.3. The highest BCUT2D eigenvalue weighted by atomic mass is 19.4. The lowest BCUT2D eigenvalue weighted by molar-refractivity contribution is -0.138. The third kappa shape index (κ3) is 4.06. The van der Waals surface area contributed by atoms with Gasteiger partial charge in [0.25, 0.3) is 0 Å². The highest BCUT2D eigenvalue weighted by Crippen LogP contribution is 2.57. The molecule has 7 heteroatoms. The predicted molar refractivity (Wildman–Crippen MR) is 109 cm³/mol. The number of rotatable bonds is 3. The Labute approximate surface area is 182 Å². The van der Waals surface area contributed by atoms with E-state index in [9.17, 15) is 26.3 Å². The molecule has 6 rings (SSSR count). The first-order chi connectivity index (χ1) is 15.0. The van der Waals surface area contributed by atoms with Crippen LogP contribution in [0.5, 0.6) is 0 Å². The molecule has 4 aliphatic rings. The van der Waals surface area contributed by atoms with Crippen LogP contribution >= 0.6 is 0 Å². The smallest absolute Gasteiger partial charge is 0.277 e. The van der Waals surface area contributed by atoms with Crippen LogP contribution in [-0.2, 0) is 12.4 Å². The second kappa shape index (κ2) is 7.35. The summed E-state index contributed by atoms with van der Waals surface area (Å²) >= 11 is 0. The van der Waals surface area contributed by atoms with Crippen LogP contribution in [0.4, 0.5) is 26.3 Å². The Kier molecular flexibility index (Phi) is 4.95. The summed E-state index contributed by atoms with van der Waals surface area (Å²) in [4.78, 5) is 5.15. The van der Waals surface area contributed by atoms with E-state index in [0.717, 1.165) is 43.5 Å². The molecule has 0 atom stereocenters. The topological polar surface area (TPSA) is 12.4 Å². The molecule has 0 saturated heterocycles. The van der Waals surface area contributed by atoms with Crippen molar-refractivity contribution in [2.45, 2.75) is 56.4 Å². The third-order valence-corrected chi connectivity index (χ3v) is 7.33. The highest BCUT2D eigenvalue weighted by molar-refractivity contribution is 6.13. The average Bonchev–Trinajstić information content (AvgIpc) is 2.70. The zero-order valence-corrected chi connectivity index (χ0v) is 17.3. The molecular weight excluding hydrogens is 428 g/mol. The molecule has 0 aliphatic heterocycles. The number of hydrogen-bond acceptors (Lipinski definition) is 1. The Bertz CT molecular complexity index is 920. The van der Waals surface area contributed by atoms with Crippen molar-refractivity contribution >= 4 is 5.71 Å². The Morgan fingerprint density at radius 1 is 0.625 bits per heavy atom. The summed E-state index contributed by atoms with van der Waals surface area (Å²) in [7, 11) is 0. The van der Waals surface area contributed by atoms with Crippen LogP contribution in [0, 0.1) is 17.8 Å². The van der Waals surface area contributed by atoms with Gasteiger partial charge in [0.05, 0.1) is 22.4 Å². The van der Waals surface area contributed by atoms with Gasteiger partial charge in [0.2, 0.25) is 0 Å². The van der Waals surface area contributed by atoms with Gasteiger partial charge < -0.3 is 0 Å². The van der Waals surface area contributed by atoms with Crippen LogP contribution in [0.15, 0.2) is 53.5 Å². The van der Waals surface area contributed by atoms with Crippen molar-refractivity contribution in [3.8, 4) is 0 Å². The van der Waals surface area contributed by atoms with Gasteiger partial charge in [-0.25, -0.2) is 0 Å². The first kappa shape index (κ1) is 21.5. The number of benzene rings is 2. The van der Waals surface area contributed by atoms with E-state index in [2.05, 4.69) is 0 Å². The van der Waals surface area contributed by atoms with Crippen molar-refractivity contribution in [1.29, 1.82) is 0 Å². The summed E-state index contributed by atoms with van der Waals surface area (Å²) in [5.41, 5.74) is -0.322. The lowest BCUT2D eigenvalue weighted by Gasteiger charge is -2.55. The highest BCUT2D eigenvalue weighted by Gasteiger charge is 2.51. The molecule has 4 saturated carbocycles. The largest absolute Gasteiger partial charge is 0.416 e. The minimum absolute atomic E-state index is 0.268. The van der Waals surface area contributed by atoms with E-state index in [1.54, 1.807) is 0 Å². The molecular formula is C25H23F6N. The second-order valence-electron chi connectivity index (χ2n) is 9.75. The maximum absolute atomic E-state index is 13.0. The Hall–Kier alpha value is -2.31. The monoisotopic (exact) mass is 451 g/mol. The SMILES string of the molecule is FC(F)(F)c1ccc(C(=NC23CC4CC(CC(C4)C2)C3)c2ccc(C(F)(F)F)cc2)cc1. The van der Waals surface area contributed by atoms with Gasteiger partial charge in [-0.15, -0.1) is 0 Å². The lowest BCUT2D eigenvalue weighted by atomic mass is 9.53. The molecule has 0 amide bonds. The normalized spacial score (nSPS) is 29.2. The number of aliphatic imine (C=N–C) groups is 1. The van der Waals surface area contributed by atoms with Gasteiger partial charge in [0, 0.05) is 11.1 Å². The number of hydrogen-bond donors (Lipinski definition) is 0. The molecule has 2 aromatic carbocycles. The minimum Gasteiger partial charge on any atom is -0.277 e. The van der Waals surface area contributed by atoms with E-state index in [1.807, 2.05) is 0 Å². The molecule has 0 radical (unpaired) electrons. The molecule has 170 valence electrons. The maximum Gasteiger partial charge on any atom is 0.416 e. The number of nitrogens with zero attached hydrogens (tertiary/aromatic N) is 1. The van der Waals surface area contributed by atoms with Crippen molar-refractivity contribution in [3.63, 3.8) is 0 Å². The third-order valence-electron chi connectivity index (χ3n) is 7.33. The molecule has 1 nitrogen and oxygen atoms in total. The molecule has 4 bridgehead atoms. The van der Waals surface area contributed by atoms with Crippen LogP contribution in [0.2, 0.25) is 0 Å². The van der Waals surface area contributed by atoms with Crippen molar-refractivity contribution in [2.75, 3.05) is 0 Å². The van der Waals surface area contributed by atoms with Gasteiger partial charge in [-0.05, 0) is 80.5 Å². The molecule has 4 aliphatic carbocycles. The summed E-state index contributed by atoms with van der Waals surface area (Å²) in [5, 5.41) is 0. The van der Waals surface area contributed by atoms with Crippen molar-refractivity contribution < 1.29 is 26.3 Å². The Morgan fingerprint density at radius 2 is 0.969 bits per heavy atom. The van der Waals surface area contributed by atoms with Crippen molar-refractivity contribution in [3.05, 3.63) is 70.8 Å². The standard InChI is InChI=1S/C25H23F6N/c26-24(27,28)20-5-1-18(2-6-20)22(19-3-7-21(8-4-19)25(29,30)31)32-23-12-15-9-16(13-23)11-17(10-15)14-23/h1-8,15-17H,9-14H2. The van der Waals surface area contributed by atoms with Gasteiger partial charge in [-0.3, -0.25) is 4.99 Å². The lowest BCUT2D eigenvalue weighted by Crippen LogP contribution is -2.49. The number of halogens is 6. The molecule has 0 aromatic heterocycles. The Morgan fingerprint density at radius 3 is 1.28 bits per heavy atom. The van der Waals surface area contributed by atoms with Crippen molar-refractivity contribution in [1.82, 2.24) is 0 Å². The first-order valence-electron chi connectivity index (χ1n) is 11.0. The molecule has 0 N–H and O–H groups in total. The number of alkyl halides is 6. The van der Waals surface area contributed by atoms with Gasteiger partial charge >= 0.3 is 12.4 Å².